The van der Waals surface area contributed by atoms with E-state index < -0.39 is 0 Å². The van der Waals surface area contributed by atoms with Crippen molar-refractivity contribution in [1.29, 1.82) is 0 Å². The Morgan fingerprint density at radius 1 is 1.11 bits per heavy atom. The molecule has 0 aromatic rings. The molecule has 0 bridgehead atoms. The van der Waals surface area contributed by atoms with Gasteiger partial charge in [0.1, 0.15) is 0 Å². The molecule has 0 aromatic heterocycles. The third kappa shape index (κ3) is 7.57. The van der Waals surface area contributed by atoms with Gasteiger partial charge in [-0.25, -0.2) is 0 Å². The molecule has 1 aliphatic rings. The number of halogens is 3. The summed E-state index contributed by atoms with van der Waals surface area (Å²) >= 11 is 2.25. The molecule has 0 aromatic carbocycles. The van der Waals surface area contributed by atoms with Crippen LogP contribution in [0.3, 0.4) is 0 Å². The topological polar surface area (TPSA) is 3.24 Å². The summed E-state index contributed by atoms with van der Waals surface area (Å²) in [7, 11) is 0. The number of nitrogens with zero attached hydrogens (tertiary/aromatic N) is 1. The molecule has 5 heteroatoms. The Morgan fingerprint density at radius 2 is 1.61 bits per heavy atom. The molecule has 0 saturated heterocycles. The van der Waals surface area contributed by atoms with Crippen molar-refractivity contribution in [2.45, 2.75) is 52.6 Å². The van der Waals surface area contributed by atoms with Crippen molar-refractivity contribution < 1.29 is 20.4 Å². The van der Waals surface area contributed by atoms with Crippen LogP contribution in [0.2, 0.25) is 0 Å². The average Bonchev–Trinajstić information content (AvgIpc) is 2.51. The fourth-order valence-electron chi connectivity index (χ4n) is 2.15. The zero-order valence-electron chi connectivity index (χ0n) is 11.6. The first kappa shape index (κ1) is 24.1. The molecule has 0 saturated carbocycles. The number of allylic oxidation sites excluding steroid dienone is 3. The van der Waals surface area contributed by atoms with E-state index in [0.717, 1.165) is 0 Å². The summed E-state index contributed by atoms with van der Waals surface area (Å²) in [5.41, 5.74) is 1.56. The first-order chi connectivity index (χ1) is 7.02. The second-order valence-electron chi connectivity index (χ2n) is 4.79. The van der Waals surface area contributed by atoms with E-state index in [1.54, 1.807) is 9.45 Å². The molecule has 0 spiro atoms. The van der Waals surface area contributed by atoms with E-state index in [1.165, 1.54) is 19.4 Å². The van der Waals surface area contributed by atoms with E-state index in [-0.39, 0.29) is 37.2 Å². The monoisotopic (exact) mass is 348 g/mol. The van der Waals surface area contributed by atoms with Crippen LogP contribution in [0.4, 0.5) is 0 Å². The van der Waals surface area contributed by atoms with Crippen molar-refractivity contribution in [3.8, 4) is 0 Å². The van der Waals surface area contributed by atoms with Crippen molar-refractivity contribution >= 4 is 37.2 Å². The van der Waals surface area contributed by atoms with Crippen LogP contribution in [0, 0.1) is 0 Å². The maximum absolute atomic E-state index is 2.56. The van der Waals surface area contributed by atoms with Gasteiger partial charge < -0.3 is 0 Å². The van der Waals surface area contributed by atoms with Crippen LogP contribution in [0.15, 0.2) is 21.6 Å². The van der Waals surface area contributed by atoms with Crippen LogP contribution in [0.25, 0.3) is 0 Å². The summed E-state index contributed by atoms with van der Waals surface area (Å²) in [6.07, 6.45) is 6.95. The second kappa shape index (κ2) is 11.8. The summed E-state index contributed by atoms with van der Waals surface area (Å²) in [4.78, 5) is 2.56. The quantitative estimate of drug-likeness (QED) is 0.660. The van der Waals surface area contributed by atoms with E-state index >= 15 is 0 Å². The zero-order valence-corrected chi connectivity index (χ0v) is 15.6. The average molecular weight is 350 g/mol. The summed E-state index contributed by atoms with van der Waals surface area (Å²) in [5.74, 6) is 0. The molecule has 0 amide bonds. The smallest absolute Gasteiger partial charge is 0.147 e. The van der Waals surface area contributed by atoms with Gasteiger partial charge in [0.15, 0.2) is 0 Å². The Hall–Kier alpha value is 1.02. The van der Waals surface area contributed by atoms with E-state index in [4.69, 9.17) is 0 Å². The maximum atomic E-state index is 2.56. The number of hydrogen-bond acceptors (Lipinski definition) is 1. The number of hydrogen-bond donors (Lipinski definition) is 0. The summed E-state index contributed by atoms with van der Waals surface area (Å²) in [6.45, 7) is 10.3. The molecule has 0 N–H and O–H groups in total. The van der Waals surface area contributed by atoms with Crippen LogP contribution >= 0.6 is 37.2 Å². The van der Waals surface area contributed by atoms with Crippen LogP contribution in [-0.4, -0.2) is 23.5 Å². The minimum Gasteiger partial charge on any atom is -0.147 e. The minimum absolute atomic E-state index is 0. The van der Waals surface area contributed by atoms with Crippen LogP contribution < -0.4 is 0 Å². The first-order valence-corrected chi connectivity index (χ1v) is 6.66. The molecule has 18 heavy (non-hydrogen) atoms. The normalized spacial score (nSPS) is 13.7. The van der Waals surface area contributed by atoms with Crippen LogP contribution in [0.1, 0.15) is 40.5 Å². The third-order valence-electron chi connectivity index (χ3n) is 2.99. The third-order valence-corrected chi connectivity index (χ3v) is 3.81. The van der Waals surface area contributed by atoms with Gasteiger partial charge in [-0.05, 0) is 0 Å². The van der Waals surface area contributed by atoms with Gasteiger partial charge in [0.25, 0.3) is 0 Å². The Bertz CT molecular complexity index is 267. The Morgan fingerprint density at radius 3 is 1.94 bits per heavy atom. The van der Waals surface area contributed by atoms with Crippen LogP contribution in [-0.2, 0) is 20.4 Å². The Balaban J connectivity index is -0.000000750. The van der Waals surface area contributed by atoms with Gasteiger partial charge in [-0.15, -0.1) is 37.2 Å². The molecule has 0 heterocycles. The van der Waals surface area contributed by atoms with E-state index in [2.05, 4.69) is 65.2 Å². The van der Waals surface area contributed by atoms with Crippen molar-refractivity contribution in [2.75, 3.05) is 6.54 Å². The molecule has 1 rings (SSSR count). The van der Waals surface area contributed by atoms with Crippen molar-refractivity contribution in [1.82, 2.24) is 4.90 Å². The molecule has 0 radical (unpaired) electrons. The molecule has 0 fully saturated rings. The predicted molar refractivity (Wildman–Crippen MR) is 84.1 cm³/mol. The van der Waals surface area contributed by atoms with Crippen LogP contribution in [0.5, 0.6) is 0 Å². The molecule has 107 valence electrons. The van der Waals surface area contributed by atoms with Gasteiger partial charge >= 0.3 is 106 Å². The largest absolute Gasteiger partial charge is 0.147 e. The fraction of sp³-hybridized carbons (Fsp3) is 0.692. The Labute approximate surface area is 142 Å². The molecular weight excluding hydrogens is 324 g/mol. The van der Waals surface area contributed by atoms with Crippen molar-refractivity contribution in [3.63, 3.8) is 0 Å². The molecule has 1 aliphatic carbocycles. The molecular formula is C13H25Cl3NTi. The number of rotatable bonds is 5. The molecule has 1 nitrogen and oxygen atoms in total. The summed E-state index contributed by atoms with van der Waals surface area (Å²) in [6, 6.07) is 1.30. The van der Waals surface area contributed by atoms with Gasteiger partial charge in [-0.1, -0.05) is 0 Å². The van der Waals surface area contributed by atoms with Gasteiger partial charge in [0.05, 0.1) is 0 Å². The molecule has 0 unspecified atom stereocenters. The van der Waals surface area contributed by atoms with E-state index in [0.29, 0.717) is 12.1 Å². The zero-order chi connectivity index (χ0) is 11.4. The van der Waals surface area contributed by atoms with Gasteiger partial charge in [-0.3, -0.25) is 0 Å². The molecule has 0 aliphatic heterocycles. The summed E-state index contributed by atoms with van der Waals surface area (Å²) < 4.78 is 1.56. The van der Waals surface area contributed by atoms with Crippen molar-refractivity contribution in [3.05, 3.63) is 21.6 Å². The Kier molecular flexibility index (Phi) is 15.8. The van der Waals surface area contributed by atoms with Gasteiger partial charge in [0.2, 0.25) is 0 Å². The van der Waals surface area contributed by atoms with E-state index in [1.807, 2.05) is 0 Å². The fourth-order valence-corrected chi connectivity index (χ4v) is 2.66. The van der Waals surface area contributed by atoms with Gasteiger partial charge in [0, 0.05) is 0 Å². The summed E-state index contributed by atoms with van der Waals surface area (Å²) in [5, 5.41) is 0. The first-order valence-electron chi connectivity index (χ1n) is 5.88. The van der Waals surface area contributed by atoms with E-state index in [9.17, 15) is 0 Å². The standard InChI is InChI=1S/C13H22N.3ClH.Ti/c1-11(2)14(12(3)4)10-9-13-7-5-6-8-13;;;;/h5,7,11-12H,6,9-10H2,1-4H3;3*1H;. The van der Waals surface area contributed by atoms with Crippen molar-refractivity contribution in [2.24, 2.45) is 0 Å². The molecule has 0 atom stereocenters. The minimum atomic E-state index is 0. The maximum Gasteiger partial charge on any atom is -0.147 e. The second-order valence-corrected chi connectivity index (χ2v) is 5.73. The SMILES string of the molecule is CC(C)N(CCC1=[C]([Ti])CC=C1)C(C)C.Cl.Cl.Cl. The predicted octanol–water partition coefficient (Wildman–Crippen LogP) is 4.52. The van der Waals surface area contributed by atoms with Gasteiger partial charge in [-0.2, -0.15) is 0 Å².